The number of hydrogen-bond donors (Lipinski definition) is 1. The molecule has 0 spiro atoms. The third-order valence-corrected chi connectivity index (χ3v) is 3.26. The van der Waals surface area contributed by atoms with Gasteiger partial charge in [-0.2, -0.15) is 4.98 Å². The molecule has 21 heavy (non-hydrogen) atoms. The summed E-state index contributed by atoms with van der Waals surface area (Å²) >= 11 is 0. The normalized spacial score (nSPS) is 12.3. The number of aromatic nitrogens is 2. The Kier molecular flexibility index (Phi) is 5.75. The first-order chi connectivity index (χ1) is 10.2. The lowest BCUT2D eigenvalue weighted by Crippen LogP contribution is -2.28. The maximum atomic E-state index is 5.31. The van der Waals surface area contributed by atoms with Crippen LogP contribution >= 0.6 is 0 Å². The number of benzene rings is 1. The second-order valence-corrected chi connectivity index (χ2v) is 5.19. The van der Waals surface area contributed by atoms with E-state index in [4.69, 9.17) is 9.26 Å². The van der Waals surface area contributed by atoms with Crippen molar-refractivity contribution in [2.24, 2.45) is 0 Å². The molecule has 0 bridgehead atoms. The van der Waals surface area contributed by atoms with Crippen LogP contribution in [0, 0.1) is 0 Å². The van der Waals surface area contributed by atoms with E-state index in [0.29, 0.717) is 18.4 Å². The van der Waals surface area contributed by atoms with Gasteiger partial charge in [-0.25, -0.2) is 0 Å². The van der Waals surface area contributed by atoms with E-state index >= 15 is 0 Å². The van der Waals surface area contributed by atoms with Crippen LogP contribution in [0.5, 0.6) is 5.75 Å². The van der Waals surface area contributed by atoms with Gasteiger partial charge in [-0.05, 0) is 37.6 Å². The molecular weight excluding hydrogens is 266 g/mol. The van der Waals surface area contributed by atoms with Crippen LogP contribution in [0.25, 0.3) is 0 Å². The molecule has 1 aromatic heterocycles. The summed E-state index contributed by atoms with van der Waals surface area (Å²) < 4.78 is 10.4. The number of methoxy groups -OCH3 is 1. The van der Waals surface area contributed by atoms with Crippen molar-refractivity contribution >= 4 is 0 Å². The quantitative estimate of drug-likeness (QED) is 0.809. The third-order valence-electron chi connectivity index (χ3n) is 3.26. The van der Waals surface area contributed by atoms with Crippen LogP contribution in [-0.4, -0.2) is 29.8 Å². The van der Waals surface area contributed by atoms with Crippen LogP contribution in [0.3, 0.4) is 0 Å². The maximum Gasteiger partial charge on any atom is 0.228 e. The van der Waals surface area contributed by atoms with Crippen molar-refractivity contribution in [2.45, 2.75) is 39.2 Å². The first-order valence-corrected chi connectivity index (χ1v) is 7.39. The van der Waals surface area contributed by atoms with Crippen molar-refractivity contribution in [3.05, 3.63) is 41.5 Å². The minimum atomic E-state index is 0.347. The maximum absolute atomic E-state index is 5.31. The van der Waals surface area contributed by atoms with E-state index < -0.39 is 0 Å². The molecule has 1 N–H and O–H groups in total. The van der Waals surface area contributed by atoms with E-state index in [1.807, 2.05) is 24.3 Å². The molecular formula is C16H23N3O2. The van der Waals surface area contributed by atoms with Crippen LogP contribution in [0.1, 0.15) is 37.5 Å². The molecule has 1 heterocycles. The van der Waals surface area contributed by atoms with Gasteiger partial charge in [0.25, 0.3) is 0 Å². The molecule has 1 aromatic carbocycles. The lowest BCUT2D eigenvalue weighted by atomic mass is 10.1. The second kappa shape index (κ2) is 7.78. The molecule has 0 aliphatic heterocycles. The predicted molar refractivity (Wildman–Crippen MR) is 81.6 cm³/mol. The Morgan fingerprint density at radius 2 is 2.05 bits per heavy atom. The highest BCUT2D eigenvalue weighted by Crippen LogP contribution is 2.14. The van der Waals surface area contributed by atoms with E-state index in [1.54, 1.807) is 7.11 Å². The van der Waals surface area contributed by atoms with Crippen LogP contribution in [0.2, 0.25) is 0 Å². The average Bonchev–Trinajstić information content (AvgIpc) is 2.93. The molecule has 1 atom stereocenters. The molecule has 114 valence electrons. The van der Waals surface area contributed by atoms with Crippen molar-refractivity contribution in [3.63, 3.8) is 0 Å². The van der Waals surface area contributed by atoms with E-state index in [2.05, 4.69) is 29.3 Å². The third kappa shape index (κ3) is 4.86. The number of nitrogens with zero attached hydrogens (tertiary/aromatic N) is 2. The van der Waals surface area contributed by atoms with E-state index in [1.165, 1.54) is 0 Å². The fourth-order valence-corrected chi connectivity index (χ4v) is 2.10. The molecule has 0 radical (unpaired) electrons. The van der Waals surface area contributed by atoms with Crippen LogP contribution < -0.4 is 10.1 Å². The van der Waals surface area contributed by atoms with Crippen molar-refractivity contribution in [1.82, 2.24) is 15.5 Å². The summed E-state index contributed by atoms with van der Waals surface area (Å²) in [5.41, 5.74) is 1.14. The number of ether oxygens (including phenoxy) is 1. The van der Waals surface area contributed by atoms with Crippen molar-refractivity contribution in [3.8, 4) is 5.75 Å². The molecule has 5 nitrogen and oxygen atoms in total. The molecule has 2 rings (SSSR count). The SMILES string of the molecule is CCCNC(C)Cc1nc(Cc2ccc(OC)cc2)no1. The van der Waals surface area contributed by atoms with Crippen molar-refractivity contribution in [1.29, 1.82) is 0 Å². The summed E-state index contributed by atoms with van der Waals surface area (Å²) in [6.45, 7) is 5.29. The Bertz CT molecular complexity index is 537. The first kappa shape index (κ1) is 15.5. The highest BCUT2D eigenvalue weighted by molar-refractivity contribution is 5.28. The molecule has 0 saturated carbocycles. The van der Waals surface area contributed by atoms with E-state index in [9.17, 15) is 0 Å². The predicted octanol–water partition coefficient (Wildman–Crippen LogP) is 2.60. The first-order valence-electron chi connectivity index (χ1n) is 7.39. The van der Waals surface area contributed by atoms with Crippen LogP contribution in [0.15, 0.2) is 28.8 Å². The topological polar surface area (TPSA) is 60.2 Å². The Balaban J connectivity index is 1.90. The van der Waals surface area contributed by atoms with Gasteiger partial charge in [-0.15, -0.1) is 0 Å². The van der Waals surface area contributed by atoms with Gasteiger partial charge in [0.15, 0.2) is 5.82 Å². The van der Waals surface area contributed by atoms with Gasteiger partial charge in [-0.1, -0.05) is 24.2 Å². The Labute approximate surface area is 125 Å². The van der Waals surface area contributed by atoms with Gasteiger partial charge < -0.3 is 14.6 Å². The number of nitrogens with one attached hydrogen (secondary N) is 1. The van der Waals surface area contributed by atoms with E-state index in [0.717, 1.165) is 36.5 Å². The van der Waals surface area contributed by atoms with Crippen molar-refractivity contribution in [2.75, 3.05) is 13.7 Å². The molecule has 0 aliphatic carbocycles. The Morgan fingerprint density at radius 1 is 1.29 bits per heavy atom. The highest BCUT2D eigenvalue weighted by Gasteiger charge is 2.10. The zero-order valence-electron chi connectivity index (χ0n) is 12.9. The summed E-state index contributed by atoms with van der Waals surface area (Å²) in [5, 5.41) is 7.45. The fraction of sp³-hybridized carbons (Fsp3) is 0.500. The standard InChI is InChI=1S/C16H23N3O2/c1-4-9-17-12(2)10-16-18-15(19-21-16)11-13-5-7-14(20-3)8-6-13/h5-8,12,17H,4,9-11H2,1-3H3. The molecule has 5 heteroatoms. The Hall–Kier alpha value is -1.88. The molecule has 0 amide bonds. The largest absolute Gasteiger partial charge is 0.497 e. The lowest BCUT2D eigenvalue weighted by Gasteiger charge is -2.09. The summed E-state index contributed by atoms with van der Waals surface area (Å²) in [7, 11) is 1.66. The highest BCUT2D eigenvalue weighted by atomic mass is 16.5. The van der Waals surface area contributed by atoms with Gasteiger partial charge in [-0.3, -0.25) is 0 Å². The number of rotatable bonds is 8. The smallest absolute Gasteiger partial charge is 0.228 e. The molecule has 0 saturated heterocycles. The molecule has 2 aromatic rings. The monoisotopic (exact) mass is 289 g/mol. The summed E-state index contributed by atoms with van der Waals surface area (Å²) in [5.74, 6) is 2.26. The van der Waals surface area contributed by atoms with Gasteiger partial charge >= 0.3 is 0 Å². The van der Waals surface area contributed by atoms with E-state index in [-0.39, 0.29) is 0 Å². The average molecular weight is 289 g/mol. The fourth-order valence-electron chi connectivity index (χ4n) is 2.10. The zero-order valence-corrected chi connectivity index (χ0v) is 12.9. The Morgan fingerprint density at radius 3 is 2.71 bits per heavy atom. The summed E-state index contributed by atoms with van der Waals surface area (Å²) in [6, 6.07) is 8.25. The molecule has 0 fully saturated rings. The molecule has 1 unspecified atom stereocenters. The van der Waals surface area contributed by atoms with Crippen LogP contribution in [-0.2, 0) is 12.8 Å². The second-order valence-electron chi connectivity index (χ2n) is 5.19. The van der Waals surface area contributed by atoms with Crippen LogP contribution in [0.4, 0.5) is 0 Å². The lowest BCUT2D eigenvalue weighted by molar-refractivity contribution is 0.358. The minimum absolute atomic E-state index is 0.347. The van der Waals surface area contributed by atoms with Crippen molar-refractivity contribution < 1.29 is 9.26 Å². The van der Waals surface area contributed by atoms with Gasteiger partial charge in [0, 0.05) is 18.9 Å². The zero-order chi connectivity index (χ0) is 15.1. The minimum Gasteiger partial charge on any atom is -0.497 e. The summed E-state index contributed by atoms with van der Waals surface area (Å²) in [6.07, 6.45) is 2.55. The molecule has 0 aliphatic rings. The van der Waals surface area contributed by atoms with Gasteiger partial charge in [0.1, 0.15) is 5.75 Å². The van der Waals surface area contributed by atoms with Gasteiger partial charge in [0.05, 0.1) is 7.11 Å². The number of hydrogen-bond acceptors (Lipinski definition) is 5. The summed E-state index contributed by atoms with van der Waals surface area (Å²) in [4.78, 5) is 4.45. The van der Waals surface area contributed by atoms with Gasteiger partial charge in [0.2, 0.25) is 5.89 Å².